The lowest BCUT2D eigenvalue weighted by atomic mass is 10.0. The SMILES string of the molecule is CCOc1ccc(S(=O)(=O)NCc2nnc3n2-c2ccccc2CC3)cc1OCC. The molecule has 1 aromatic heterocycles. The van der Waals surface area contributed by atoms with E-state index < -0.39 is 10.0 Å². The van der Waals surface area contributed by atoms with Crippen molar-refractivity contribution < 1.29 is 17.9 Å². The summed E-state index contributed by atoms with van der Waals surface area (Å²) < 4.78 is 41.4. The highest BCUT2D eigenvalue weighted by molar-refractivity contribution is 7.89. The van der Waals surface area contributed by atoms with E-state index in [1.807, 2.05) is 36.6 Å². The number of ether oxygens (including phenoxy) is 2. The number of sulfonamides is 1. The molecule has 0 radical (unpaired) electrons. The molecule has 0 aliphatic carbocycles. The number of para-hydroxylation sites is 1. The lowest BCUT2D eigenvalue weighted by Crippen LogP contribution is -2.26. The van der Waals surface area contributed by atoms with E-state index in [1.54, 1.807) is 6.07 Å². The molecule has 3 aromatic rings. The van der Waals surface area contributed by atoms with Gasteiger partial charge in [-0.1, -0.05) is 18.2 Å². The maximum Gasteiger partial charge on any atom is 0.241 e. The van der Waals surface area contributed by atoms with Gasteiger partial charge in [0, 0.05) is 12.5 Å². The Hall–Kier alpha value is -2.91. The van der Waals surface area contributed by atoms with Crippen molar-refractivity contribution in [2.24, 2.45) is 0 Å². The molecular weight excluding hydrogens is 404 g/mol. The van der Waals surface area contributed by atoms with E-state index in [-0.39, 0.29) is 11.4 Å². The molecule has 0 atom stereocenters. The molecule has 9 heteroatoms. The highest BCUT2D eigenvalue weighted by atomic mass is 32.2. The first-order valence-electron chi connectivity index (χ1n) is 9.94. The number of rotatable bonds is 8. The van der Waals surface area contributed by atoms with Crippen LogP contribution >= 0.6 is 0 Å². The lowest BCUT2D eigenvalue weighted by Gasteiger charge is -2.19. The summed E-state index contributed by atoms with van der Waals surface area (Å²) in [6.07, 6.45) is 1.67. The fraction of sp³-hybridized carbons (Fsp3) is 0.333. The monoisotopic (exact) mass is 428 g/mol. The molecule has 0 unspecified atom stereocenters. The van der Waals surface area contributed by atoms with Gasteiger partial charge in [0.15, 0.2) is 17.3 Å². The first-order chi connectivity index (χ1) is 14.5. The molecule has 0 saturated heterocycles. The van der Waals surface area contributed by atoms with E-state index in [9.17, 15) is 8.42 Å². The molecule has 0 bridgehead atoms. The van der Waals surface area contributed by atoms with Crippen LogP contribution in [0, 0.1) is 0 Å². The summed E-state index contributed by atoms with van der Waals surface area (Å²) in [5.41, 5.74) is 2.19. The molecule has 0 fully saturated rings. The average molecular weight is 429 g/mol. The number of hydrogen-bond acceptors (Lipinski definition) is 6. The Kier molecular flexibility index (Phi) is 5.74. The van der Waals surface area contributed by atoms with E-state index in [2.05, 4.69) is 21.0 Å². The van der Waals surface area contributed by atoms with Gasteiger partial charge in [-0.2, -0.15) is 0 Å². The van der Waals surface area contributed by atoms with Crippen LogP contribution in [-0.2, 0) is 29.4 Å². The number of aryl methyl sites for hydroxylation is 2. The van der Waals surface area contributed by atoms with E-state index >= 15 is 0 Å². The summed E-state index contributed by atoms with van der Waals surface area (Å²) >= 11 is 0. The van der Waals surface area contributed by atoms with Crippen LogP contribution in [0.1, 0.15) is 31.1 Å². The Morgan fingerprint density at radius 1 is 1.00 bits per heavy atom. The van der Waals surface area contributed by atoms with Crippen LogP contribution in [0.3, 0.4) is 0 Å². The van der Waals surface area contributed by atoms with Crippen molar-refractivity contribution in [3.8, 4) is 17.2 Å². The summed E-state index contributed by atoms with van der Waals surface area (Å²) in [7, 11) is -3.78. The van der Waals surface area contributed by atoms with Crippen molar-refractivity contribution in [1.82, 2.24) is 19.5 Å². The Balaban J connectivity index is 1.58. The van der Waals surface area contributed by atoms with Crippen molar-refractivity contribution in [3.05, 3.63) is 59.7 Å². The Morgan fingerprint density at radius 3 is 2.57 bits per heavy atom. The van der Waals surface area contributed by atoms with Gasteiger partial charge in [0.1, 0.15) is 5.82 Å². The molecule has 1 N–H and O–H groups in total. The number of hydrogen-bond donors (Lipinski definition) is 1. The minimum atomic E-state index is -3.78. The summed E-state index contributed by atoms with van der Waals surface area (Å²) in [6.45, 7) is 4.59. The second kappa shape index (κ2) is 8.45. The van der Waals surface area contributed by atoms with Crippen LogP contribution in [-0.4, -0.2) is 36.4 Å². The minimum Gasteiger partial charge on any atom is -0.490 e. The first kappa shape index (κ1) is 20.4. The normalized spacial score (nSPS) is 12.9. The number of nitrogens with zero attached hydrogens (tertiary/aromatic N) is 3. The molecule has 1 aliphatic heterocycles. The molecule has 30 heavy (non-hydrogen) atoms. The van der Waals surface area contributed by atoms with Gasteiger partial charge in [-0.25, -0.2) is 13.1 Å². The topological polar surface area (TPSA) is 95.3 Å². The van der Waals surface area contributed by atoms with E-state index in [0.29, 0.717) is 30.5 Å². The van der Waals surface area contributed by atoms with Gasteiger partial charge in [0.05, 0.1) is 30.3 Å². The predicted octanol–water partition coefficient (Wildman–Crippen LogP) is 2.64. The fourth-order valence-corrected chi connectivity index (χ4v) is 4.53. The average Bonchev–Trinajstić information content (AvgIpc) is 3.17. The summed E-state index contributed by atoms with van der Waals surface area (Å²) in [4.78, 5) is 0.105. The van der Waals surface area contributed by atoms with Crippen LogP contribution in [0.5, 0.6) is 11.5 Å². The number of aromatic nitrogens is 3. The zero-order valence-electron chi connectivity index (χ0n) is 17.0. The largest absolute Gasteiger partial charge is 0.490 e. The summed E-state index contributed by atoms with van der Waals surface area (Å²) in [5.74, 6) is 2.30. The Morgan fingerprint density at radius 2 is 1.77 bits per heavy atom. The molecule has 158 valence electrons. The second-order valence-electron chi connectivity index (χ2n) is 6.80. The smallest absolute Gasteiger partial charge is 0.241 e. The van der Waals surface area contributed by atoms with Crippen molar-refractivity contribution in [3.63, 3.8) is 0 Å². The van der Waals surface area contributed by atoms with Crippen LogP contribution in [0.25, 0.3) is 5.69 Å². The van der Waals surface area contributed by atoms with Crippen molar-refractivity contribution >= 4 is 10.0 Å². The minimum absolute atomic E-state index is 0.0286. The highest BCUT2D eigenvalue weighted by Gasteiger charge is 2.23. The highest BCUT2D eigenvalue weighted by Crippen LogP contribution is 2.30. The molecule has 0 spiro atoms. The van der Waals surface area contributed by atoms with Gasteiger partial charge >= 0.3 is 0 Å². The summed E-state index contributed by atoms with van der Waals surface area (Å²) in [5, 5.41) is 8.46. The molecule has 4 rings (SSSR count). The van der Waals surface area contributed by atoms with Crippen molar-refractivity contribution in [2.45, 2.75) is 38.1 Å². The molecular formula is C21H24N4O4S. The zero-order chi connectivity index (χ0) is 21.1. The molecule has 0 amide bonds. The standard InChI is InChI=1S/C21H24N4O4S/c1-3-28-18-11-10-16(13-19(18)29-4-2)30(26,27)22-14-21-24-23-20-12-9-15-7-5-6-8-17(15)25(20)21/h5-8,10-11,13,22H,3-4,9,12,14H2,1-2H3. The third-order valence-corrected chi connectivity index (χ3v) is 6.29. The summed E-state index contributed by atoms with van der Waals surface area (Å²) in [6, 6.07) is 12.6. The quantitative estimate of drug-likeness (QED) is 0.593. The molecule has 1 aliphatic rings. The van der Waals surface area contributed by atoms with Crippen LogP contribution in [0.2, 0.25) is 0 Å². The van der Waals surface area contributed by atoms with Crippen molar-refractivity contribution in [1.29, 1.82) is 0 Å². The van der Waals surface area contributed by atoms with Gasteiger partial charge in [-0.15, -0.1) is 10.2 Å². The van der Waals surface area contributed by atoms with Gasteiger partial charge in [0.2, 0.25) is 10.0 Å². The van der Waals surface area contributed by atoms with Crippen molar-refractivity contribution in [2.75, 3.05) is 13.2 Å². The van der Waals surface area contributed by atoms with Gasteiger partial charge in [-0.05, 0) is 44.0 Å². The van der Waals surface area contributed by atoms with E-state index in [4.69, 9.17) is 9.47 Å². The number of fused-ring (bicyclic) bond motifs is 3. The van der Waals surface area contributed by atoms with Crippen LogP contribution in [0.15, 0.2) is 47.4 Å². The van der Waals surface area contributed by atoms with Gasteiger partial charge < -0.3 is 9.47 Å². The Bertz CT molecular complexity index is 1160. The molecule has 8 nitrogen and oxygen atoms in total. The molecule has 2 heterocycles. The van der Waals surface area contributed by atoms with Gasteiger partial charge in [0.25, 0.3) is 0 Å². The fourth-order valence-electron chi connectivity index (χ4n) is 3.54. The molecule has 2 aromatic carbocycles. The third kappa shape index (κ3) is 3.90. The second-order valence-corrected chi connectivity index (χ2v) is 8.56. The maximum absolute atomic E-state index is 12.9. The van der Waals surface area contributed by atoms with E-state index in [0.717, 1.165) is 24.4 Å². The predicted molar refractivity (Wildman–Crippen MR) is 112 cm³/mol. The maximum atomic E-state index is 12.9. The van der Waals surface area contributed by atoms with E-state index in [1.165, 1.54) is 17.7 Å². The first-order valence-corrected chi connectivity index (χ1v) is 11.4. The lowest BCUT2D eigenvalue weighted by molar-refractivity contribution is 0.287. The molecule has 0 saturated carbocycles. The van der Waals surface area contributed by atoms with Gasteiger partial charge in [-0.3, -0.25) is 4.57 Å². The third-order valence-electron chi connectivity index (χ3n) is 4.89. The zero-order valence-corrected chi connectivity index (χ0v) is 17.8. The number of benzene rings is 2. The van der Waals surface area contributed by atoms with Crippen LogP contribution < -0.4 is 14.2 Å². The Labute approximate surface area is 175 Å². The van der Waals surface area contributed by atoms with Crippen LogP contribution in [0.4, 0.5) is 0 Å². The number of nitrogens with one attached hydrogen (secondary N) is 1.